The van der Waals surface area contributed by atoms with Gasteiger partial charge in [0.25, 0.3) is 5.56 Å². The van der Waals surface area contributed by atoms with Gasteiger partial charge in [-0.25, -0.2) is 4.98 Å². The number of amides is 1. The Morgan fingerprint density at radius 1 is 1.16 bits per heavy atom. The maximum absolute atomic E-state index is 12.7. The molecule has 0 bridgehead atoms. The van der Waals surface area contributed by atoms with Gasteiger partial charge in [-0.2, -0.15) is 0 Å². The molecule has 2 heterocycles. The SMILES string of the molecule is Cc1cccc2c(=O)n(CCC(=O)NC(c3ccc4c(c3)OCCO4)C(C)C)cnc12. The van der Waals surface area contributed by atoms with E-state index < -0.39 is 0 Å². The van der Waals surface area contributed by atoms with Gasteiger partial charge in [0.15, 0.2) is 11.5 Å². The van der Waals surface area contributed by atoms with Crippen molar-refractivity contribution in [2.45, 2.75) is 39.8 Å². The highest BCUT2D eigenvalue weighted by Gasteiger charge is 2.21. The number of para-hydroxylation sites is 1. The lowest BCUT2D eigenvalue weighted by Crippen LogP contribution is -2.33. The fourth-order valence-corrected chi connectivity index (χ4v) is 3.85. The summed E-state index contributed by atoms with van der Waals surface area (Å²) in [6.07, 6.45) is 1.71. The molecule has 1 amide bonds. The van der Waals surface area contributed by atoms with Crippen LogP contribution in [0.5, 0.6) is 11.5 Å². The number of hydrogen-bond donors (Lipinski definition) is 1. The molecule has 162 valence electrons. The number of nitrogens with zero attached hydrogens (tertiary/aromatic N) is 2. The molecule has 7 nitrogen and oxygen atoms in total. The summed E-state index contributed by atoms with van der Waals surface area (Å²) in [5.41, 5.74) is 2.49. The number of rotatable bonds is 6. The summed E-state index contributed by atoms with van der Waals surface area (Å²) in [6, 6.07) is 11.1. The van der Waals surface area contributed by atoms with Gasteiger partial charge in [-0.05, 0) is 42.2 Å². The fraction of sp³-hybridized carbons (Fsp3) is 0.375. The first-order valence-corrected chi connectivity index (χ1v) is 10.6. The molecule has 1 unspecified atom stereocenters. The van der Waals surface area contributed by atoms with E-state index in [1.165, 1.54) is 10.9 Å². The van der Waals surface area contributed by atoms with Crippen molar-refractivity contribution >= 4 is 16.8 Å². The van der Waals surface area contributed by atoms with Crippen LogP contribution in [0.3, 0.4) is 0 Å². The van der Waals surface area contributed by atoms with Crippen LogP contribution in [0.2, 0.25) is 0 Å². The number of carbonyl (C=O) groups excluding carboxylic acids is 1. The van der Waals surface area contributed by atoms with Crippen LogP contribution in [-0.4, -0.2) is 28.7 Å². The molecule has 3 aromatic rings. The van der Waals surface area contributed by atoms with Gasteiger partial charge in [0.05, 0.1) is 23.3 Å². The topological polar surface area (TPSA) is 82.5 Å². The normalized spacial score (nSPS) is 13.9. The van der Waals surface area contributed by atoms with Gasteiger partial charge in [0.1, 0.15) is 13.2 Å². The average Bonchev–Trinajstić information content (AvgIpc) is 2.77. The van der Waals surface area contributed by atoms with Crippen molar-refractivity contribution in [2.75, 3.05) is 13.2 Å². The van der Waals surface area contributed by atoms with Crippen molar-refractivity contribution in [3.8, 4) is 11.5 Å². The van der Waals surface area contributed by atoms with E-state index in [1.807, 2.05) is 37.3 Å². The lowest BCUT2D eigenvalue weighted by molar-refractivity contribution is -0.122. The third kappa shape index (κ3) is 4.40. The Morgan fingerprint density at radius 3 is 2.71 bits per heavy atom. The Kier molecular flexibility index (Phi) is 5.93. The van der Waals surface area contributed by atoms with Gasteiger partial charge in [0.2, 0.25) is 5.91 Å². The molecule has 1 aliphatic heterocycles. The molecule has 0 aliphatic carbocycles. The molecule has 31 heavy (non-hydrogen) atoms. The Bertz CT molecular complexity index is 1170. The summed E-state index contributed by atoms with van der Waals surface area (Å²) in [6.45, 7) is 7.37. The van der Waals surface area contributed by atoms with Crippen LogP contribution in [0.15, 0.2) is 47.5 Å². The van der Waals surface area contributed by atoms with E-state index in [9.17, 15) is 9.59 Å². The Labute approximate surface area is 181 Å². The smallest absolute Gasteiger partial charge is 0.261 e. The van der Waals surface area contributed by atoms with Crippen LogP contribution in [-0.2, 0) is 11.3 Å². The van der Waals surface area contributed by atoms with Crippen LogP contribution in [0, 0.1) is 12.8 Å². The zero-order chi connectivity index (χ0) is 22.0. The maximum atomic E-state index is 12.7. The number of nitrogens with one attached hydrogen (secondary N) is 1. The molecule has 0 radical (unpaired) electrons. The third-order valence-electron chi connectivity index (χ3n) is 5.54. The van der Waals surface area contributed by atoms with E-state index in [0.29, 0.717) is 29.9 Å². The van der Waals surface area contributed by atoms with Gasteiger partial charge in [-0.3, -0.25) is 14.2 Å². The highest BCUT2D eigenvalue weighted by Crippen LogP contribution is 2.34. The Morgan fingerprint density at radius 2 is 1.94 bits per heavy atom. The molecule has 0 saturated carbocycles. The van der Waals surface area contributed by atoms with Crippen LogP contribution in [0.25, 0.3) is 10.9 Å². The Balaban J connectivity index is 1.46. The molecule has 1 aromatic heterocycles. The molecule has 1 atom stereocenters. The minimum atomic E-state index is -0.169. The third-order valence-corrected chi connectivity index (χ3v) is 5.54. The van der Waals surface area contributed by atoms with Gasteiger partial charge in [-0.15, -0.1) is 0 Å². The van der Waals surface area contributed by atoms with E-state index in [0.717, 1.165) is 16.9 Å². The molecule has 7 heteroatoms. The fourth-order valence-electron chi connectivity index (χ4n) is 3.85. The number of fused-ring (bicyclic) bond motifs is 2. The van der Waals surface area contributed by atoms with Crippen LogP contribution >= 0.6 is 0 Å². The highest BCUT2D eigenvalue weighted by atomic mass is 16.6. The number of aryl methyl sites for hydroxylation is 2. The van der Waals surface area contributed by atoms with E-state index in [4.69, 9.17) is 9.47 Å². The maximum Gasteiger partial charge on any atom is 0.261 e. The summed E-state index contributed by atoms with van der Waals surface area (Å²) in [7, 11) is 0. The second-order valence-corrected chi connectivity index (χ2v) is 8.16. The summed E-state index contributed by atoms with van der Waals surface area (Å²) in [5.74, 6) is 1.49. The van der Waals surface area contributed by atoms with Gasteiger partial charge >= 0.3 is 0 Å². The van der Waals surface area contributed by atoms with E-state index in [1.54, 1.807) is 6.07 Å². The summed E-state index contributed by atoms with van der Waals surface area (Å²) >= 11 is 0. The number of benzene rings is 2. The summed E-state index contributed by atoms with van der Waals surface area (Å²) < 4.78 is 12.8. The van der Waals surface area contributed by atoms with Gasteiger partial charge < -0.3 is 14.8 Å². The highest BCUT2D eigenvalue weighted by molar-refractivity contribution is 5.80. The van der Waals surface area contributed by atoms with E-state index in [2.05, 4.69) is 24.1 Å². The van der Waals surface area contributed by atoms with Gasteiger partial charge in [-0.1, -0.05) is 32.0 Å². The molecule has 0 fully saturated rings. The van der Waals surface area contributed by atoms with Crippen molar-refractivity contribution in [2.24, 2.45) is 5.92 Å². The Hall–Kier alpha value is -3.35. The van der Waals surface area contributed by atoms with Crippen molar-refractivity contribution < 1.29 is 14.3 Å². The molecule has 2 aromatic carbocycles. The number of ether oxygens (including phenoxy) is 2. The van der Waals surface area contributed by atoms with Crippen LogP contribution in [0.1, 0.15) is 37.4 Å². The van der Waals surface area contributed by atoms with Crippen LogP contribution in [0.4, 0.5) is 0 Å². The molecule has 1 aliphatic rings. The van der Waals surface area contributed by atoms with Crippen molar-refractivity contribution in [1.29, 1.82) is 0 Å². The molecule has 0 saturated heterocycles. The number of carbonyl (C=O) groups is 1. The largest absolute Gasteiger partial charge is 0.486 e. The molecular weight excluding hydrogens is 394 g/mol. The molecule has 4 rings (SSSR count). The first kappa shape index (κ1) is 20.9. The molecule has 0 spiro atoms. The average molecular weight is 421 g/mol. The second-order valence-electron chi connectivity index (χ2n) is 8.16. The lowest BCUT2D eigenvalue weighted by Gasteiger charge is -2.25. The quantitative estimate of drug-likeness (QED) is 0.660. The monoisotopic (exact) mass is 421 g/mol. The van der Waals surface area contributed by atoms with Crippen molar-refractivity contribution in [1.82, 2.24) is 14.9 Å². The van der Waals surface area contributed by atoms with E-state index >= 15 is 0 Å². The number of aromatic nitrogens is 2. The zero-order valence-electron chi connectivity index (χ0n) is 18.1. The molecular formula is C24H27N3O4. The minimum absolute atomic E-state index is 0.121. The van der Waals surface area contributed by atoms with Crippen molar-refractivity contribution in [3.05, 3.63) is 64.2 Å². The molecule has 1 N–H and O–H groups in total. The van der Waals surface area contributed by atoms with E-state index in [-0.39, 0.29) is 36.4 Å². The summed E-state index contributed by atoms with van der Waals surface area (Å²) in [5, 5.41) is 3.67. The first-order chi connectivity index (χ1) is 14.9. The zero-order valence-corrected chi connectivity index (χ0v) is 18.1. The predicted octanol–water partition coefficient (Wildman–Crippen LogP) is 3.38. The van der Waals surface area contributed by atoms with Crippen molar-refractivity contribution in [3.63, 3.8) is 0 Å². The predicted molar refractivity (Wildman–Crippen MR) is 119 cm³/mol. The standard InChI is InChI=1S/C24H27N3O4/c1-15(2)22(17-7-8-19-20(13-17)31-12-11-30-19)26-21(28)9-10-27-14-25-23-16(3)5-4-6-18(23)24(27)29/h4-8,13-15,22H,9-12H2,1-3H3,(H,26,28). The lowest BCUT2D eigenvalue weighted by atomic mass is 9.95. The first-order valence-electron chi connectivity index (χ1n) is 10.6. The van der Waals surface area contributed by atoms with Crippen LogP contribution < -0.4 is 20.3 Å². The second kappa shape index (κ2) is 8.79. The number of hydrogen-bond acceptors (Lipinski definition) is 5. The van der Waals surface area contributed by atoms with Gasteiger partial charge in [0, 0.05) is 13.0 Å². The minimum Gasteiger partial charge on any atom is -0.486 e. The summed E-state index contributed by atoms with van der Waals surface area (Å²) in [4.78, 5) is 29.9.